The van der Waals surface area contributed by atoms with Crippen molar-refractivity contribution in [1.82, 2.24) is 4.90 Å². The zero-order valence-corrected chi connectivity index (χ0v) is 12.1. The number of nitrogens with zero attached hydrogens (tertiary/aromatic N) is 1. The first-order chi connectivity index (χ1) is 8.28. The van der Waals surface area contributed by atoms with Crippen LogP contribution in [-0.4, -0.2) is 30.6 Å². The Morgan fingerprint density at radius 2 is 1.94 bits per heavy atom. The quantitative estimate of drug-likeness (QED) is 0.614. The van der Waals surface area contributed by atoms with Gasteiger partial charge >= 0.3 is 0 Å². The Kier molecular flexibility index (Phi) is 4.86. The highest BCUT2D eigenvalue weighted by molar-refractivity contribution is 14.1. The van der Waals surface area contributed by atoms with Gasteiger partial charge in [0.2, 0.25) is 0 Å². The third kappa shape index (κ3) is 4.00. The van der Waals surface area contributed by atoms with Crippen molar-refractivity contribution in [3.63, 3.8) is 0 Å². The lowest BCUT2D eigenvalue weighted by Gasteiger charge is -2.31. The first-order valence-electron chi connectivity index (χ1n) is 6.03. The van der Waals surface area contributed by atoms with Gasteiger partial charge in [0, 0.05) is 23.2 Å². The lowest BCUT2D eigenvalue weighted by atomic mass is 10.1. The third-order valence-electron chi connectivity index (χ3n) is 3.04. The second-order valence-corrected chi connectivity index (χ2v) is 5.61. The lowest BCUT2D eigenvalue weighted by molar-refractivity contribution is 0.107. The standard InChI is InChI=1S/C14H18INO/c1-2-9-16-10-7-14(8-11-16)17-13-5-3-12(15)4-6-13/h2-6,14H,1,7-11H2. The molecule has 0 aliphatic carbocycles. The average molecular weight is 343 g/mol. The predicted molar refractivity (Wildman–Crippen MR) is 79.4 cm³/mol. The van der Waals surface area contributed by atoms with E-state index in [1.54, 1.807) is 0 Å². The number of benzene rings is 1. The molecule has 0 radical (unpaired) electrons. The Hall–Kier alpha value is -0.550. The fraction of sp³-hybridized carbons (Fsp3) is 0.429. The Morgan fingerprint density at radius 3 is 2.53 bits per heavy atom. The van der Waals surface area contributed by atoms with Crippen molar-refractivity contribution in [3.05, 3.63) is 40.5 Å². The molecule has 0 amide bonds. The van der Waals surface area contributed by atoms with Gasteiger partial charge in [0.05, 0.1) is 0 Å². The molecule has 0 saturated carbocycles. The molecule has 1 fully saturated rings. The van der Waals surface area contributed by atoms with E-state index in [0.717, 1.165) is 38.2 Å². The number of likely N-dealkylation sites (tertiary alicyclic amines) is 1. The van der Waals surface area contributed by atoms with Gasteiger partial charge in [-0.1, -0.05) is 6.08 Å². The molecular formula is C14H18INO. The van der Waals surface area contributed by atoms with Crippen LogP contribution in [0, 0.1) is 3.57 Å². The van der Waals surface area contributed by atoms with Gasteiger partial charge in [0.1, 0.15) is 11.9 Å². The molecule has 0 atom stereocenters. The summed E-state index contributed by atoms with van der Waals surface area (Å²) < 4.78 is 7.23. The van der Waals surface area contributed by atoms with Crippen molar-refractivity contribution in [2.75, 3.05) is 19.6 Å². The van der Waals surface area contributed by atoms with Crippen LogP contribution in [0.1, 0.15) is 12.8 Å². The summed E-state index contributed by atoms with van der Waals surface area (Å²) in [7, 11) is 0. The van der Waals surface area contributed by atoms with Gasteiger partial charge < -0.3 is 4.74 Å². The molecule has 1 saturated heterocycles. The minimum atomic E-state index is 0.371. The van der Waals surface area contributed by atoms with Crippen LogP contribution in [0.2, 0.25) is 0 Å². The Labute approximate surface area is 117 Å². The molecule has 2 rings (SSSR count). The molecule has 0 spiro atoms. The van der Waals surface area contributed by atoms with E-state index in [1.807, 2.05) is 6.08 Å². The van der Waals surface area contributed by atoms with E-state index in [0.29, 0.717) is 6.10 Å². The maximum Gasteiger partial charge on any atom is 0.119 e. The minimum absolute atomic E-state index is 0.371. The molecule has 3 heteroatoms. The molecule has 1 aliphatic rings. The molecule has 1 aliphatic heterocycles. The fourth-order valence-electron chi connectivity index (χ4n) is 2.10. The van der Waals surface area contributed by atoms with Crippen LogP contribution in [0.15, 0.2) is 36.9 Å². The summed E-state index contributed by atoms with van der Waals surface area (Å²) in [5.41, 5.74) is 0. The monoisotopic (exact) mass is 343 g/mol. The van der Waals surface area contributed by atoms with Gasteiger partial charge in [-0.3, -0.25) is 4.90 Å². The van der Waals surface area contributed by atoms with Crippen molar-refractivity contribution < 1.29 is 4.74 Å². The molecule has 2 nitrogen and oxygen atoms in total. The third-order valence-corrected chi connectivity index (χ3v) is 3.76. The van der Waals surface area contributed by atoms with Crippen LogP contribution in [0.5, 0.6) is 5.75 Å². The van der Waals surface area contributed by atoms with Crippen LogP contribution in [0.4, 0.5) is 0 Å². The number of hydrogen-bond donors (Lipinski definition) is 0. The predicted octanol–water partition coefficient (Wildman–Crippen LogP) is 3.32. The maximum absolute atomic E-state index is 5.98. The van der Waals surface area contributed by atoms with E-state index < -0.39 is 0 Å². The molecule has 0 aromatic heterocycles. The van der Waals surface area contributed by atoms with Crippen molar-refractivity contribution in [2.24, 2.45) is 0 Å². The average Bonchev–Trinajstić information content (AvgIpc) is 2.35. The second-order valence-electron chi connectivity index (χ2n) is 4.36. The van der Waals surface area contributed by atoms with E-state index in [4.69, 9.17) is 4.74 Å². The molecule has 1 aromatic carbocycles. The highest BCUT2D eigenvalue weighted by atomic mass is 127. The van der Waals surface area contributed by atoms with E-state index in [1.165, 1.54) is 3.57 Å². The number of piperidine rings is 1. The van der Waals surface area contributed by atoms with Gasteiger partial charge in [0.25, 0.3) is 0 Å². The highest BCUT2D eigenvalue weighted by Crippen LogP contribution is 2.19. The summed E-state index contributed by atoms with van der Waals surface area (Å²) >= 11 is 2.31. The molecule has 1 heterocycles. The van der Waals surface area contributed by atoms with Crippen molar-refractivity contribution in [3.8, 4) is 5.75 Å². The van der Waals surface area contributed by atoms with E-state index in [2.05, 4.69) is 58.3 Å². The Morgan fingerprint density at radius 1 is 1.29 bits per heavy atom. The Bertz CT molecular complexity index is 355. The summed E-state index contributed by atoms with van der Waals surface area (Å²) in [5, 5.41) is 0. The van der Waals surface area contributed by atoms with Crippen LogP contribution in [0.3, 0.4) is 0 Å². The summed E-state index contributed by atoms with van der Waals surface area (Å²) in [4.78, 5) is 2.42. The molecule has 0 unspecified atom stereocenters. The number of halogens is 1. The normalized spacial score (nSPS) is 17.9. The molecule has 0 bridgehead atoms. The molecule has 17 heavy (non-hydrogen) atoms. The van der Waals surface area contributed by atoms with Crippen LogP contribution < -0.4 is 4.74 Å². The topological polar surface area (TPSA) is 12.5 Å². The summed E-state index contributed by atoms with van der Waals surface area (Å²) in [6, 6.07) is 8.28. The smallest absolute Gasteiger partial charge is 0.119 e. The fourth-order valence-corrected chi connectivity index (χ4v) is 2.46. The van der Waals surface area contributed by atoms with Gasteiger partial charge in [-0.15, -0.1) is 6.58 Å². The van der Waals surface area contributed by atoms with Crippen molar-refractivity contribution >= 4 is 22.6 Å². The number of rotatable bonds is 4. The molecule has 1 aromatic rings. The Balaban J connectivity index is 1.81. The van der Waals surface area contributed by atoms with Gasteiger partial charge in [-0.05, 0) is 59.7 Å². The second kappa shape index (κ2) is 6.40. The maximum atomic E-state index is 5.98. The summed E-state index contributed by atoms with van der Waals surface area (Å²) in [6.45, 7) is 7.00. The van der Waals surface area contributed by atoms with Crippen molar-refractivity contribution in [1.29, 1.82) is 0 Å². The SMILES string of the molecule is C=CCN1CCC(Oc2ccc(I)cc2)CC1. The van der Waals surface area contributed by atoms with Crippen LogP contribution in [0.25, 0.3) is 0 Å². The van der Waals surface area contributed by atoms with Gasteiger partial charge in [0.15, 0.2) is 0 Å². The number of ether oxygens (including phenoxy) is 1. The summed E-state index contributed by atoms with van der Waals surface area (Å²) in [6.07, 6.45) is 4.57. The van der Waals surface area contributed by atoms with Crippen molar-refractivity contribution in [2.45, 2.75) is 18.9 Å². The van der Waals surface area contributed by atoms with Gasteiger partial charge in [-0.25, -0.2) is 0 Å². The van der Waals surface area contributed by atoms with E-state index in [9.17, 15) is 0 Å². The zero-order valence-electron chi connectivity index (χ0n) is 9.94. The molecule has 0 N–H and O–H groups in total. The van der Waals surface area contributed by atoms with Gasteiger partial charge in [-0.2, -0.15) is 0 Å². The van der Waals surface area contributed by atoms with E-state index >= 15 is 0 Å². The highest BCUT2D eigenvalue weighted by Gasteiger charge is 2.19. The summed E-state index contributed by atoms with van der Waals surface area (Å²) in [5.74, 6) is 0.993. The zero-order chi connectivity index (χ0) is 12.1. The van der Waals surface area contributed by atoms with Crippen LogP contribution in [-0.2, 0) is 0 Å². The van der Waals surface area contributed by atoms with E-state index in [-0.39, 0.29) is 0 Å². The first-order valence-corrected chi connectivity index (χ1v) is 7.11. The van der Waals surface area contributed by atoms with Crippen LogP contribution >= 0.6 is 22.6 Å². The molecule has 92 valence electrons. The first kappa shape index (κ1) is 12.9. The minimum Gasteiger partial charge on any atom is -0.490 e. The number of hydrogen-bond acceptors (Lipinski definition) is 2. The molecular weight excluding hydrogens is 325 g/mol. The largest absolute Gasteiger partial charge is 0.490 e. The lowest BCUT2D eigenvalue weighted by Crippen LogP contribution is -2.38.